The van der Waals surface area contributed by atoms with E-state index >= 15 is 0 Å². The number of hydrogen-bond acceptors (Lipinski definition) is 3. The summed E-state index contributed by atoms with van der Waals surface area (Å²) < 4.78 is 5.53. The Hall–Kier alpha value is -1.75. The third-order valence-electron chi connectivity index (χ3n) is 3.14. The van der Waals surface area contributed by atoms with Gasteiger partial charge in [-0.3, -0.25) is 0 Å². The third-order valence-corrected chi connectivity index (χ3v) is 4.08. The highest BCUT2D eigenvalue weighted by molar-refractivity contribution is 7.09. The van der Waals surface area contributed by atoms with Crippen molar-refractivity contribution < 1.29 is 4.42 Å². The minimum absolute atomic E-state index is 0.636. The summed E-state index contributed by atoms with van der Waals surface area (Å²) in [6, 6.07) is 6.30. The van der Waals surface area contributed by atoms with Gasteiger partial charge in [0.05, 0.1) is 6.54 Å². The summed E-state index contributed by atoms with van der Waals surface area (Å²) in [7, 11) is 0. The maximum Gasteiger partial charge on any atom is 0.191 e. The maximum absolute atomic E-state index is 5.53. The number of thiophene rings is 1. The molecule has 21 heavy (non-hydrogen) atoms. The van der Waals surface area contributed by atoms with Crippen molar-refractivity contribution in [2.24, 2.45) is 4.99 Å². The van der Waals surface area contributed by atoms with Crippen LogP contribution >= 0.6 is 11.3 Å². The van der Waals surface area contributed by atoms with Crippen LogP contribution in [0.4, 0.5) is 0 Å². The molecule has 5 heteroatoms. The molecular formula is C16H23N3OS. The summed E-state index contributed by atoms with van der Waals surface area (Å²) in [6.07, 6.45) is 1.02. The Bertz CT molecular complexity index is 572. The van der Waals surface area contributed by atoms with Gasteiger partial charge < -0.3 is 15.1 Å². The van der Waals surface area contributed by atoms with Crippen molar-refractivity contribution in [3.63, 3.8) is 0 Å². The molecule has 0 unspecified atom stereocenters. The Labute approximate surface area is 130 Å². The Morgan fingerprint density at radius 1 is 1.33 bits per heavy atom. The standard InChI is InChI=1S/C16H23N3OS/c1-4-17-16(18-8-7-15-6-5-9-21-15)19-11-14-10-12(2)20-13(14)3/h5-6,9-10H,4,7-8,11H2,1-3H3,(H2,17,18,19). The van der Waals surface area contributed by atoms with E-state index in [1.807, 2.05) is 19.9 Å². The van der Waals surface area contributed by atoms with Gasteiger partial charge in [0.2, 0.25) is 0 Å². The summed E-state index contributed by atoms with van der Waals surface area (Å²) in [5.74, 6) is 2.74. The van der Waals surface area contributed by atoms with Gasteiger partial charge in [0.1, 0.15) is 11.5 Å². The molecule has 4 nitrogen and oxygen atoms in total. The summed E-state index contributed by atoms with van der Waals surface area (Å²) >= 11 is 1.79. The lowest BCUT2D eigenvalue weighted by atomic mass is 10.2. The monoisotopic (exact) mass is 305 g/mol. The molecule has 0 saturated heterocycles. The number of nitrogens with one attached hydrogen (secondary N) is 2. The van der Waals surface area contributed by atoms with Crippen LogP contribution in [0.1, 0.15) is 28.9 Å². The number of rotatable bonds is 6. The lowest BCUT2D eigenvalue weighted by molar-refractivity contribution is 0.501. The van der Waals surface area contributed by atoms with E-state index in [0.717, 1.165) is 42.6 Å². The second-order valence-corrected chi connectivity index (χ2v) is 5.92. The van der Waals surface area contributed by atoms with Crippen LogP contribution < -0.4 is 10.6 Å². The zero-order chi connectivity index (χ0) is 15.1. The highest BCUT2D eigenvalue weighted by atomic mass is 32.1. The smallest absolute Gasteiger partial charge is 0.191 e. The molecule has 0 saturated carbocycles. The highest BCUT2D eigenvalue weighted by Crippen LogP contribution is 2.14. The van der Waals surface area contributed by atoms with Crippen LogP contribution in [0.25, 0.3) is 0 Å². The third kappa shape index (κ3) is 4.93. The fourth-order valence-electron chi connectivity index (χ4n) is 2.11. The van der Waals surface area contributed by atoms with E-state index in [2.05, 4.69) is 40.1 Å². The lowest BCUT2D eigenvalue weighted by Gasteiger charge is -2.10. The zero-order valence-corrected chi connectivity index (χ0v) is 13.7. The first-order valence-electron chi connectivity index (χ1n) is 7.29. The van der Waals surface area contributed by atoms with E-state index in [1.54, 1.807) is 11.3 Å². The maximum atomic E-state index is 5.53. The molecule has 2 N–H and O–H groups in total. The number of hydrogen-bond donors (Lipinski definition) is 2. The predicted octanol–water partition coefficient (Wildman–Crippen LogP) is 3.26. The second kappa shape index (κ2) is 7.88. The zero-order valence-electron chi connectivity index (χ0n) is 12.9. The van der Waals surface area contributed by atoms with Gasteiger partial charge >= 0.3 is 0 Å². The van der Waals surface area contributed by atoms with Crippen molar-refractivity contribution in [3.8, 4) is 0 Å². The van der Waals surface area contributed by atoms with Crippen molar-refractivity contribution in [2.45, 2.75) is 33.7 Å². The molecule has 0 fully saturated rings. The molecule has 0 bridgehead atoms. The van der Waals surface area contributed by atoms with E-state index in [4.69, 9.17) is 4.42 Å². The van der Waals surface area contributed by atoms with Gasteiger partial charge in [-0.25, -0.2) is 4.99 Å². The van der Waals surface area contributed by atoms with Crippen LogP contribution in [-0.4, -0.2) is 19.0 Å². The van der Waals surface area contributed by atoms with E-state index in [-0.39, 0.29) is 0 Å². The molecular weight excluding hydrogens is 282 g/mol. The average Bonchev–Trinajstić information content (AvgIpc) is 3.06. The molecule has 0 spiro atoms. The van der Waals surface area contributed by atoms with Crippen LogP contribution in [0.3, 0.4) is 0 Å². The SMILES string of the molecule is CCNC(=NCc1cc(C)oc1C)NCCc1cccs1. The summed E-state index contributed by atoms with van der Waals surface area (Å²) in [5.41, 5.74) is 1.14. The Kier molecular flexibility index (Phi) is 5.87. The van der Waals surface area contributed by atoms with E-state index in [1.165, 1.54) is 4.88 Å². The lowest BCUT2D eigenvalue weighted by Crippen LogP contribution is -2.38. The Balaban J connectivity index is 1.88. The van der Waals surface area contributed by atoms with Gasteiger partial charge in [-0.05, 0) is 44.7 Å². The molecule has 0 aliphatic carbocycles. The average molecular weight is 305 g/mol. The number of aryl methyl sites for hydroxylation is 2. The van der Waals surface area contributed by atoms with E-state index in [0.29, 0.717) is 6.54 Å². The Morgan fingerprint density at radius 3 is 2.81 bits per heavy atom. The molecule has 2 aromatic heterocycles. The molecule has 0 amide bonds. The molecule has 0 aromatic carbocycles. The first-order chi connectivity index (χ1) is 10.2. The van der Waals surface area contributed by atoms with Crippen LogP contribution in [0.2, 0.25) is 0 Å². The van der Waals surface area contributed by atoms with E-state index in [9.17, 15) is 0 Å². The van der Waals surface area contributed by atoms with Crippen molar-refractivity contribution >= 4 is 17.3 Å². The van der Waals surface area contributed by atoms with Gasteiger partial charge in [0.25, 0.3) is 0 Å². The number of guanidine groups is 1. The fraction of sp³-hybridized carbons (Fsp3) is 0.438. The van der Waals surface area contributed by atoms with Crippen LogP contribution in [0, 0.1) is 13.8 Å². The fourth-order valence-corrected chi connectivity index (χ4v) is 2.81. The van der Waals surface area contributed by atoms with Crippen molar-refractivity contribution in [1.82, 2.24) is 10.6 Å². The largest absolute Gasteiger partial charge is 0.466 e. The van der Waals surface area contributed by atoms with Crippen molar-refractivity contribution in [2.75, 3.05) is 13.1 Å². The summed E-state index contributed by atoms with van der Waals surface area (Å²) in [4.78, 5) is 6.00. The van der Waals surface area contributed by atoms with Gasteiger partial charge in [-0.1, -0.05) is 6.07 Å². The Morgan fingerprint density at radius 2 is 2.19 bits per heavy atom. The topological polar surface area (TPSA) is 49.6 Å². The quantitative estimate of drug-likeness (QED) is 0.636. The van der Waals surface area contributed by atoms with Gasteiger partial charge in [0.15, 0.2) is 5.96 Å². The molecule has 2 heterocycles. The normalized spacial score (nSPS) is 11.7. The number of aliphatic imine (C=N–C) groups is 1. The van der Waals surface area contributed by atoms with Gasteiger partial charge in [-0.2, -0.15) is 0 Å². The molecule has 2 aromatic rings. The summed E-state index contributed by atoms with van der Waals surface area (Å²) in [6.45, 7) is 8.39. The first kappa shape index (κ1) is 15.6. The molecule has 0 aliphatic rings. The minimum Gasteiger partial charge on any atom is -0.466 e. The number of furan rings is 1. The van der Waals surface area contributed by atoms with Crippen molar-refractivity contribution in [1.29, 1.82) is 0 Å². The second-order valence-electron chi connectivity index (χ2n) is 4.89. The molecule has 2 rings (SSSR count). The molecule has 0 radical (unpaired) electrons. The predicted molar refractivity (Wildman–Crippen MR) is 89.0 cm³/mol. The number of nitrogens with zero attached hydrogens (tertiary/aromatic N) is 1. The van der Waals surface area contributed by atoms with Gasteiger partial charge in [0, 0.05) is 23.5 Å². The van der Waals surface area contributed by atoms with Crippen LogP contribution in [0.5, 0.6) is 0 Å². The van der Waals surface area contributed by atoms with Crippen molar-refractivity contribution in [3.05, 3.63) is 45.5 Å². The van der Waals surface area contributed by atoms with Crippen LogP contribution in [0.15, 0.2) is 33.0 Å². The first-order valence-corrected chi connectivity index (χ1v) is 8.17. The molecule has 114 valence electrons. The summed E-state index contributed by atoms with van der Waals surface area (Å²) in [5, 5.41) is 8.75. The van der Waals surface area contributed by atoms with E-state index < -0.39 is 0 Å². The highest BCUT2D eigenvalue weighted by Gasteiger charge is 2.04. The molecule has 0 aliphatic heterocycles. The van der Waals surface area contributed by atoms with Gasteiger partial charge in [-0.15, -0.1) is 11.3 Å². The van der Waals surface area contributed by atoms with Crippen LogP contribution in [-0.2, 0) is 13.0 Å². The minimum atomic E-state index is 0.636. The molecule has 0 atom stereocenters.